The number of aromatic nitrogens is 1. The fourth-order valence-corrected chi connectivity index (χ4v) is 2.96. The molecule has 0 aliphatic carbocycles. The Bertz CT molecular complexity index is 783. The van der Waals surface area contributed by atoms with Gasteiger partial charge in [-0.15, -0.1) is 11.3 Å². The van der Waals surface area contributed by atoms with E-state index in [0.29, 0.717) is 12.4 Å². The van der Waals surface area contributed by atoms with Crippen molar-refractivity contribution >= 4 is 38.8 Å². The Kier molecular flexibility index (Phi) is 3.81. The summed E-state index contributed by atoms with van der Waals surface area (Å²) in [7, 11) is 0. The third kappa shape index (κ3) is 3.01. The molecular formula is C15H11FN2OS2. The van der Waals surface area contributed by atoms with Crippen molar-refractivity contribution in [3.63, 3.8) is 0 Å². The average Bonchev–Trinajstić information content (AvgIpc) is 2.87. The van der Waals surface area contributed by atoms with Gasteiger partial charge in [0.1, 0.15) is 28.2 Å². The zero-order valence-electron chi connectivity index (χ0n) is 10.9. The second kappa shape index (κ2) is 5.75. The summed E-state index contributed by atoms with van der Waals surface area (Å²) in [5, 5.41) is 0.843. The van der Waals surface area contributed by atoms with E-state index in [2.05, 4.69) is 4.98 Å². The number of thiazole rings is 1. The lowest BCUT2D eigenvalue weighted by Gasteiger charge is -2.06. The lowest BCUT2D eigenvalue weighted by molar-refractivity contribution is 0.304. The monoisotopic (exact) mass is 318 g/mol. The SMILES string of the molecule is NC(=S)c1ccc(OCc2nc3ccccc3s2)cc1F. The summed E-state index contributed by atoms with van der Waals surface area (Å²) in [5.74, 6) is -0.0592. The molecule has 1 heterocycles. The van der Waals surface area contributed by atoms with Crippen LogP contribution in [0.15, 0.2) is 42.5 Å². The molecular weight excluding hydrogens is 307 g/mol. The van der Waals surface area contributed by atoms with Gasteiger partial charge in [-0.1, -0.05) is 24.4 Å². The summed E-state index contributed by atoms with van der Waals surface area (Å²) >= 11 is 6.32. The van der Waals surface area contributed by atoms with E-state index >= 15 is 0 Å². The number of halogens is 1. The van der Waals surface area contributed by atoms with Crippen LogP contribution < -0.4 is 10.5 Å². The van der Waals surface area contributed by atoms with Crippen LogP contribution in [0.5, 0.6) is 5.75 Å². The van der Waals surface area contributed by atoms with Gasteiger partial charge in [0, 0.05) is 11.6 Å². The van der Waals surface area contributed by atoms with Crippen molar-refractivity contribution in [1.82, 2.24) is 4.98 Å². The van der Waals surface area contributed by atoms with Crippen LogP contribution in [0.4, 0.5) is 4.39 Å². The number of hydrogen-bond acceptors (Lipinski definition) is 4. The van der Waals surface area contributed by atoms with Gasteiger partial charge in [0.25, 0.3) is 0 Å². The largest absolute Gasteiger partial charge is 0.486 e. The van der Waals surface area contributed by atoms with Gasteiger partial charge in [-0.05, 0) is 24.3 Å². The number of nitrogens with two attached hydrogens (primary N) is 1. The molecule has 3 nitrogen and oxygen atoms in total. The lowest BCUT2D eigenvalue weighted by Crippen LogP contribution is -2.11. The highest BCUT2D eigenvalue weighted by molar-refractivity contribution is 7.80. The van der Waals surface area contributed by atoms with Crippen molar-refractivity contribution in [1.29, 1.82) is 0 Å². The summed E-state index contributed by atoms with van der Waals surface area (Å²) in [6.45, 7) is 0.297. The molecule has 106 valence electrons. The Morgan fingerprint density at radius 1 is 1.29 bits per heavy atom. The first-order valence-corrected chi connectivity index (χ1v) is 7.42. The van der Waals surface area contributed by atoms with Crippen LogP contribution in [-0.2, 0) is 6.61 Å². The van der Waals surface area contributed by atoms with E-state index in [1.807, 2.05) is 24.3 Å². The van der Waals surface area contributed by atoms with E-state index in [1.54, 1.807) is 17.4 Å². The van der Waals surface area contributed by atoms with Crippen LogP contribution >= 0.6 is 23.6 Å². The van der Waals surface area contributed by atoms with E-state index in [0.717, 1.165) is 15.2 Å². The van der Waals surface area contributed by atoms with E-state index < -0.39 is 5.82 Å². The molecule has 0 amide bonds. The molecule has 0 bridgehead atoms. The highest BCUT2D eigenvalue weighted by Gasteiger charge is 2.08. The van der Waals surface area contributed by atoms with Crippen molar-refractivity contribution in [3.05, 3.63) is 58.9 Å². The minimum atomic E-state index is -0.482. The minimum absolute atomic E-state index is 0.0326. The third-order valence-electron chi connectivity index (χ3n) is 2.91. The normalized spacial score (nSPS) is 10.7. The number of hydrogen-bond donors (Lipinski definition) is 1. The summed E-state index contributed by atoms with van der Waals surface area (Å²) in [6, 6.07) is 12.3. The fraction of sp³-hybridized carbons (Fsp3) is 0.0667. The maximum absolute atomic E-state index is 13.7. The molecule has 1 aromatic heterocycles. The highest BCUT2D eigenvalue weighted by Crippen LogP contribution is 2.23. The minimum Gasteiger partial charge on any atom is -0.486 e. The zero-order valence-corrected chi connectivity index (χ0v) is 12.5. The van der Waals surface area contributed by atoms with Gasteiger partial charge in [0.15, 0.2) is 0 Å². The van der Waals surface area contributed by atoms with Crippen molar-refractivity contribution in [2.75, 3.05) is 0 Å². The smallest absolute Gasteiger partial charge is 0.140 e. The molecule has 2 aromatic carbocycles. The molecule has 3 aromatic rings. The maximum Gasteiger partial charge on any atom is 0.140 e. The first kappa shape index (κ1) is 13.9. The van der Waals surface area contributed by atoms with Gasteiger partial charge in [-0.2, -0.15) is 0 Å². The number of benzene rings is 2. The predicted octanol–water partition coefficient (Wildman–Crippen LogP) is 3.65. The number of nitrogens with zero attached hydrogens (tertiary/aromatic N) is 1. The molecule has 0 spiro atoms. The number of ether oxygens (including phenoxy) is 1. The fourth-order valence-electron chi connectivity index (χ4n) is 1.91. The Hall–Kier alpha value is -2.05. The maximum atomic E-state index is 13.7. The van der Waals surface area contributed by atoms with Gasteiger partial charge >= 0.3 is 0 Å². The predicted molar refractivity (Wildman–Crippen MR) is 86.2 cm³/mol. The van der Waals surface area contributed by atoms with Gasteiger partial charge in [-0.25, -0.2) is 9.37 Å². The summed E-state index contributed by atoms with van der Waals surface area (Å²) in [6.07, 6.45) is 0. The molecule has 0 aliphatic rings. The number of fused-ring (bicyclic) bond motifs is 1. The van der Waals surface area contributed by atoms with Gasteiger partial charge in [0.05, 0.1) is 10.2 Å². The lowest BCUT2D eigenvalue weighted by atomic mass is 10.2. The molecule has 0 fully saturated rings. The summed E-state index contributed by atoms with van der Waals surface area (Å²) in [5.41, 5.74) is 6.58. The van der Waals surface area contributed by atoms with Crippen LogP contribution in [0, 0.1) is 5.82 Å². The molecule has 0 aliphatic heterocycles. The number of thiocarbonyl (C=S) groups is 1. The molecule has 0 atom stereocenters. The van der Waals surface area contributed by atoms with Crippen LogP contribution in [0.3, 0.4) is 0 Å². The topological polar surface area (TPSA) is 48.1 Å². The number of para-hydroxylation sites is 1. The molecule has 21 heavy (non-hydrogen) atoms. The Morgan fingerprint density at radius 3 is 2.81 bits per heavy atom. The first-order valence-electron chi connectivity index (χ1n) is 6.20. The Labute approximate surface area is 130 Å². The molecule has 0 saturated carbocycles. The highest BCUT2D eigenvalue weighted by atomic mass is 32.1. The molecule has 3 rings (SSSR count). The van der Waals surface area contributed by atoms with E-state index in [4.69, 9.17) is 22.7 Å². The molecule has 6 heteroatoms. The molecule has 0 radical (unpaired) electrons. The standard InChI is InChI=1S/C15H11FN2OS2/c16-11-7-9(5-6-10(11)15(17)20)19-8-14-18-12-3-1-2-4-13(12)21-14/h1-7H,8H2,(H2,17,20). The third-order valence-corrected chi connectivity index (χ3v) is 4.14. The molecule has 2 N–H and O–H groups in total. The first-order chi connectivity index (χ1) is 10.1. The van der Waals surface area contributed by atoms with E-state index in [-0.39, 0.29) is 10.6 Å². The summed E-state index contributed by atoms with van der Waals surface area (Å²) in [4.78, 5) is 4.49. The Morgan fingerprint density at radius 2 is 2.10 bits per heavy atom. The molecule has 0 unspecified atom stereocenters. The average molecular weight is 318 g/mol. The number of rotatable bonds is 4. The van der Waals surface area contributed by atoms with Crippen LogP contribution in [-0.4, -0.2) is 9.97 Å². The Balaban J connectivity index is 1.75. The zero-order chi connectivity index (χ0) is 14.8. The van der Waals surface area contributed by atoms with Crippen LogP contribution in [0.1, 0.15) is 10.6 Å². The second-order valence-electron chi connectivity index (χ2n) is 4.37. The summed E-state index contributed by atoms with van der Waals surface area (Å²) < 4.78 is 20.4. The van der Waals surface area contributed by atoms with E-state index in [1.165, 1.54) is 12.1 Å². The van der Waals surface area contributed by atoms with Crippen molar-refractivity contribution < 1.29 is 9.13 Å². The van der Waals surface area contributed by atoms with Gasteiger partial charge in [0.2, 0.25) is 0 Å². The van der Waals surface area contributed by atoms with Crippen molar-refractivity contribution in [2.24, 2.45) is 5.73 Å². The molecule has 0 saturated heterocycles. The van der Waals surface area contributed by atoms with Crippen LogP contribution in [0.25, 0.3) is 10.2 Å². The van der Waals surface area contributed by atoms with E-state index in [9.17, 15) is 4.39 Å². The second-order valence-corrected chi connectivity index (χ2v) is 5.92. The van der Waals surface area contributed by atoms with Gasteiger partial charge < -0.3 is 10.5 Å². The van der Waals surface area contributed by atoms with Crippen molar-refractivity contribution in [3.8, 4) is 5.75 Å². The van der Waals surface area contributed by atoms with Crippen molar-refractivity contribution in [2.45, 2.75) is 6.61 Å². The quantitative estimate of drug-likeness (QED) is 0.746. The van der Waals surface area contributed by atoms with Gasteiger partial charge in [-0.3, -0.25) is 0 Å². The van der Waals surface area contributed by atoms with Crippen LogP contribution in [0.2, 0.25) is 0 Å².